The molecule has 1 atom stereocenters. The minimum atomic E-state index is -4.42. The topological polar surface area (TPSA) is 69.1 Å². The summed E-state index contributed by atoms with van der Waals surface area (Å²) in [7, 11) is 0. The molecule has 0 aliphatic rings. The van der Waals surface area contributed by atoms with Gasteiger partial charge in [-0.05, 0) is 19.1 Å². The highest BCUT2D eigenvalue weighted by Crippen LogP contribution is 2.34. The zero-order valence-corrected chi connectivity index (χ0v) is 13.0. The standard InChI is InChI=1S/C13H12F3N5OS/c1-3-9-17-11(22-20-9)7(2)23-12-19-18-10-5-4-8(6-21(10)12)13(14,15)16/h4-7H,3H2,1-2H3/t7-/m0/s1. The van der Waals surface area contributed by atoms with E-state index >= 15 is 0 Å². The van der Waals surface area contributed by atoms with E-state index < -0.39 is 11.7 Å². The Labute approximate surface area is 133 Å². The molecule has 3 aromatic rings. The van der Waals surface area contributed by atoms with Crippen LogP contribution in [0.15, 0.2) is 28.0 Å². The molecule has 0 bridgehead atoms. The molecule has 10 heteroatoms. The van der Waals surface area contributed by atoms with E-state index in [0.29, 0.717) is 28.9 Å². The number of aromatic nitrogens is 5. The van der Waals surface area contributed by atoms with Crippen LogP contribution in [0, 0.1) is 0 Å². The van der Waals surface area contributed by atoms with Gasteiger partial charge in [0.15, 0.2) is 16.6 Å². The number of fused-ring (bicyclic) bond motifs is 1. The SMILES string of the molecule is CCc1noc([C@H](C)Sc2nnc3ccc(C(F)(F)F)cn23)n1. The summed E-state index contributed by atoms with van der Waals surface area (Å²) in [5, 5.41) is 11.7. The fourth-order valence-electron chi connectivity index (χ4n) is 1.90. The molecule has 0 spiro atoms. The van der Waals surface area contributed by atoms with Gasteiger partial charge in [-0.3, -0.25) is 4.40 Å². The first kappa shape index (κ1) is 15.8. The van der Waals surface area contributed by atoms with Gasteiger partial charge in [-0.15, -0.1) is 10.2 Å². The smallest absolute Gasteiger partial charge is 0.338 e. The van der Waals surface area contributed by atoms with Crippen molar-refractivity contribution in [2.45, 2.75) is 36.9 Å². The molecule has 0 aromatic carbocycles. The van der Waals surface area contributed by atoms with E-state index in [1.54, 1.807) is 0 Å². The Morgan fingerprint density at radius 3 is 2.74 bits per heavy atom. The molecule has 0 fully saturated rings. The summed E-state index contributed by atoms with van der Waals surface area (Å²) in [6, 6.07) is 2.26. The average molecular weight is 343 g/mol. The van der Waals surface area contributed by atoms with E-state index in [9.17, 15) is 13.2 Å². The lowest BCUT2D eigenvalue weighted by Crippen LogP contribution is -2.06. The number of halogens is 3. The predicted molar refractivity (Wildman–Crippen MR) is 75.9 cm³/mol. The summed E-state index contributed by atoms with van der Waals surface area (Å²) in [6.07, 6.45) is -2.80. The first-order chi connectivity index (χ1) is 10.9. The Kier molecular flexibility index (Phi) is 4.00. The predicted octanol–water partition coefficient (Wildman–Crippen LogP) is 3.55. The van der Waals surface area contributed by atoms with Crippen molar-refractivity contribution in [2.75, 3.05) is 0 Å². The maximum absolute atomic E-state index is 12.8. The zero-order valence-electron chi connectivity index (χ0n) is 12.2. The first-order valence-corrected chi connectivity index (χ1v) is 7.67. The van der Waals surface area contributed by atoms with Crippen molar-refractivity contribution in [3.05, 3.63) is 35.6 Å². The van der Waals surface area contributed by atoms with Crippen molar-refractivity contribution >= 4 is 17.4 Å². The largest absolute Gasteiger partial charge is 0.417 e. The molecular formula is C13H12F3N5OS. The summed E-state index contributed by atoms with van der Waals surface area (Å²) in [4.78, 5) is 4.21. The first-order valence-electron chi connectivity index (χ1n) is 6.79. The molecular weight excluding hydrogens is 331 g/mol. The van der Waals surface area contributed by atoms with Gasteiger partial charge < -0.3 is 4.52 Å². The van der Waals surface area contributed by atoms with Crippen molar-refractivity contribution in [1.29, 1.82) is 0 Å². The summed E-state index contributed by atoms with van der Waals surface area (Å²) in [6.45, 7) is 3.71. The van der Waals surface area contributed by atoms with E-state index in [-0.39, 0.29) is 5.25 Å². The summed E-state index contributed by atoms with van der Waals surface area (Å²) >= 11 is 1.20. The number of pyridine rings is 1. The molecule has 0 saturated carbocycles. The molecule has 3 rings (SSSR count). The van der Waals surface area contributed by atoms with Crippen LogP contribution in [0.4, 0.5) is 13.2 Å². The molecule has 0 unspecified atom stereocenters. The van der Waals surface area contributed by atoms with Gasteiger partial charge in [-0.1, -0.05) is 23.8 Å². The minimum absolute atomic E-state index is 0.259. The van der Waals surface area contributed by atoms with Crippen molar-refractivity contribution < 1.29 is 17.7 Å². The van der Waals surface area contributed by atoms with Crippen LogP contribution in [0.25, 0.3) is 5.65 Å². The minimum Gasteiger partial charge on any atom is -0.338 e. The van der Waals surface area contributed by atoms with Gasteiger partial charge in [0.25, 0.3) is 0 Å². The fraction of sp³-hybridized carbons (Fsp3) is 0.385. The van der Waals surface area contributed by atoms with Gasteiger partial charge in [0.2, 0.25) is 5.89 Å². The normalized spacial score (nSPS) is 13.6. The van der Waals surface area contributed by atoms with Gasteiger partial charge in [-0.2, -0.15) is 18.2 Å². The van der Waals surface area contributed by atoms with Crippen LogP contribution in [0.2, 0.25) is 0 Å². The number of alkyl halides is 3. The van der Waals surface area contributed by atoms with Gasteiger partial charge in [0.05, 0.1) is 10.8 Å². The molecule has 0 radical (unpaired) electrons. The third-order valence-electron chi connectivity index (χ3n) is 3.13. The number of thioether (sulfide) groups is 1. The van der Waals surface area contributed by atoms with Crippen LogP contribution in [-0.4, -0.2) is 24.7 Å². The van der Waals surface area contributed by atoms with Crippen molar-refractivity contribution in [2.24, 2.45) is 0 Å². The average Bonchev–Trinajstić information content (AvgIpc) is 3.13. The van der Waals surface area contributed by atoms with E-state index in [1.807, 2.05) is 13.8 Å². The summed E-state index contributed by atoms with van der Waals surface area (Å²) in [5.41, 5.74) is -0.419. The van der Waals surface area contributed by atoms with E-state index in [2.05, 4.69) is 20.3 Å². The highest BCUT2D eigenvalue weighted by molar-refractivity contribution is 7.99. The van der Waals surface area contributed by atoms with Gasteiger partial charge in [-0.25, -0.2) is 0 Å². The molecule has 0 aliphatic carbocycles. The molecule has 6 nitrogen and oxygen atoms in total. The lowest BCUT2D eigenvalue weighted by Gasteiger charge is -2.08. The maximum Gasteiger partial charge on any atom is 0.417 e. The Morgan fingerprint density at radius 2 is 2.09 bits per heavy atom. The van der Waals surface area contributed by atoms with Crippen LogP contribution in [0.3, 0.4) is 0 Å². The van der Waals surface area contributed by atoms with Crippen molar-refractivity contribution in [3.63, 3.8) is 0 Å². The van der Waals surface area contributed by atoms with E-state index in [1.165, 1.54) is 22.2 Å². The Balaban J connectivity index is 1.90. The van der Waals surface area contributed by atoms with Crippen LogP contribution in [-0.2, 0) is 12.6 Å². The molecule has 0 amide bonds. The zero-order chi connectivity index (χ0) is 16.6. The van der Waals surface area contributed by atoms with Crippen LogP contribution < -0.4 is 0 Å². The van der Waals surface area contributed by atoms with Crippen LogP contribution in [0.5, 0.6) is 0 Å². The molecule has 0 aliphatic heterocycles. The van der Waals surface area contributed by atoms with Gasteiger partial charge in [0.1, 0.15) is 0 Å². The van der Waals surface area contributed by atoms with Gasteiger partial charge >= 0.3 is 6.18 Å². The molecule has 0 saturated heterocycles. The molecule has 122 valence electrons. The van der Waals surface area contributed by atoms with Crippen LogP contribution in [0.1, 0.15) is 36.4 Å². The lowest BCUT2D eigenvalue weighted by molar-refractivity contribution is -0.137. The molecule has 3 aromatic heterocycles. The number of nitrogens with zero attached hydrogens (tertiary/aromatic N) is 5. The highest BCUT2D eigenvalue weighted by atomic mass is 32.2. The summed E-state index contributed by atoms with van der Waals surface area (Å²) < 4.78 is 44.9. The molecule has 23 heavy (non-hydrogen) atoms. The Morgan fingerprint density at radius 1 is 1.30 bits per heavy atom. The van der Waals surface area contributed by atoms with Crippen LogP contribution >= 0.6 is 11.8 Å². The Bertz CT molecular complexity index is 828. The monoisotopic (exact) mass is 343 g/mol. The third kappa shape index (κ3) is 3.16. The lowest BCUT2D eigenvalue weighted by atomic mass is 10.3. The number of rotatable bonds is 4. The quantitative estimate of drug-likeness (QED) is 0.675. The number of aryl methyl sites for hydroxylation is 1. The van der Waals surface area contributed by atoms with Gasteiger partial charge in [0, 0.05) is 12.6 Å². The molecule has 0 N–H and O–H groups in total. The van der Waals surface area contributed by atoms with Crippen molar-refractivity contribution in [1.82, 2.24) is 24.7 Å². The fourth-order valence-corrected chi connectivity index (χ4v) is 2.76. The highest BCUT2D eigenvalue weighted by Gasteiger charge is 2.31. The van der Waals surface area contributed by atoms with Crippen molar-refractivity contribution in [3.8, 4) is 0 Å². The second-order valence-corrected chi connectivity index (χ2v) is 6.10. The Hall–Kier alpha value is -2.10. The number of hydrogen-bond donors (Lipinski definition) is 0. The maximum atomic E-state index is 12.8. The third-order valence-corrected chi connectivity index (χ3v) is 4.17. The second-order valence-electron chi connectivity index (χ2n) is 4.79. The van der Waals surface area contributed by atoms with E-state index in [4.69, 9.17) is 4.52 Å². The molecule has 3 heterocycles. The second kappa shape index (κ2) is 5.84. The van der Waals surface area contributed by atoms with E-state index in [0.717, 1.165) is 12.3 Å². The summed E-state index contributed by atoms with van der Waals surface area (Å²) in [5.74, 6) is 0.980. The number of hydrogen-bond acceptors (Lipinski definition) is 6.